The summed E-state index contributed by atoms with van der Waals surface area (Å²) >= 11 is 1.38. The molecule has 0 aliphatic heterocycles. The van der Waals surface area contributed by atoms with E-state index >= 15 is 0 Å². The van der Waals surface area contributed by atoms with Crippen molar-refractivity contribution in [2.75, 3.05) is 7.11 Å². The summed E-state index contributed by atoms with van der Waals surface area (Å²) in [4.78, 5) is 28.5. The molecule has 0 fully saturated rings. The Balaban J connectivity index is 2.20. The first-order valence-electron chi connectivity index (χ1n) is 7.34. The van der Waals surface area contributed by atoms with Crippen molar-refractivity contribution in [3.8, 4) is 16.9 Å². The quantitative estimate of drug-likeness (QED) is 0.769. The molecule has 0 atom stereocenters. The Morgan fingerprint density at radius 1 is 1.38 bits per heavy atom. The Morgan fingerprint density at radius 3 is 2.88 bits per heavy atom. The van der Waals surface area contributed by atoms with E-state index < -0.39 is 5.97 Å². The van der Waals surface area contributed by atoms with Gasteiger partial charge in [0.15, 0.2) is 0 Å². The lowest BCUT2D eigenvalue weighted by Crippen LogP contribution is -2.21. The summed E-state index contributed by atoms with van der Waals surface area (Å²) in [6.07, 6.45) is 1.28. The highest BCUT2D eigenvalue weighted by Gasteiger charge is 2.16. The molecule has 0 aliphatic rings. The number of hydrogen-bond donors (Lipinski definition) is 1. The van der Waals surface area contributed by atoms with Crippen molar-refractivity contribution in [2.24, 2.45) is 0 Å². The molecule has 3 aromatic rings. The van der Waals surface area contributed by atoms with Gasteiger partial charge in [-0.2, -0.15) is 0 Å². The van der Waals surface area contributed by atoms with Gasteiger partial charge >= 0.3 is 5.97 Å². The van der Waals surface area contributed by atoms with Crippen LogP contribution in [0.25, 0.3) is 21.3 Å². The molecule has 124 valence electrons. The predicted octanol–water partition coefficient (Wildman–Crippen LogP) is 2.92. The fourth-order valence-electron chi connectivity index (χ4n) is 2.57. The Labute approximate surface area is 142 Å². The number of carbonyl (C=O) groups is 1. The maximum Gasteiger partial charge on any atom is 0.305 e. The number of aromatic nitrogens is 2. The van der Waals surface area contributed by atoms with Crippen LogP contribution in [0, 0.1) is 6.92 Å². The molecule has 3 rings (SSSR count). The van der Waals surface area contributed by atoms with Gasteiger partial charge in [-0.3, -0.25) is 14.2 Å². The van der Waals surface area contributed by atoms with Gasteiger partial charge in [0.1, 0.15) is 10.6 Å². The number of thiophene rings is 1. The zero-order valence-corrected chi connectivity index (χ0v) is 14.1. The molecule has 1 aromatic carbocycles. The minimum Gasteiger partial charge on any atom is -0.496 e. The van der Waals surface area contributed by atoms with Crippen LogP contribution in [-0.4, -0.2) is 27.7 Å². The van der Waals surface area contributed by atoms with Gasteiger partial charge in [-0.1, -0.05) is 11.6 Å². The molecule has 0 aliphatic carbocycles. The fourth-order valence-corrected chi connectivity index (χ4v) is 3.47. The van der Waals surface area contributed by atoms with E-state index in [1.54, 1.807) is 7.11 Å². The third-order valence-corrected chi connectivity index (χ3v) is 4.66. The van der Waals surface area contributed by atoms with Crippen LogP contribution in [-0.2, 0) is 11.3 Å². The molecule has 0 bridgehead atoms. The zero-order valence-electron chi connectivity index (χ0n) is 13.3. The van der Waals surface area contributed by atoms with Crippen LogP contribution >= 0.6 is 11.3 Å². The Hall–Kier alpha value is -2.67. The number of fused-ring (bicyclic) bond motifs is 1. The van der Waals surface area contributed by atoms with E-state index in [4.69, 9.17) is 9.84 Å². The van der Waals surface area contributed by atoms with Crippen LogP contribution in [0.4, 0.5) is 0 Å². The maximum atomic E-state index is 12.8. The SMILES string of the molecule is COc1ccc(C)cc1-c1csc2ncn(CCC(=O)O)c(=O)c12. The Bertz CT molecular complexity index is 974. The van der Waals surface area contributed by atoms with Crippen LogP contribution < -0.4 is 10.3 Å². The van der Waals surface area contributed by atoms with E-state index in [0.29, 0.717) is 16.0 Å². The van der Waals surface area contributed by atoms with Gasteiger partial charge in [0.25, 0.3) is 5.56 Å². The first kappa shape index (κ1) is 16.2. The van der Waals surface area contributed by atoms with Crippen molar-refractivity contribution in [3.05, 3.63) is 45.8 Å². The standard InChI is InChI=1S/C17H16N2O4S/c1-10-3-4-13(23-2)11(7-10)12-8-24-16-15(12)17(22)19(9-18-16)6-5-14(20)21/h3-4,7-9H,5-6H2,1-2H3,(H,20,21). The van der Waals surface area contributed by atoms with Crippen LogP contribution in [0.15, 0.2) is 34.7 Å². The molecule has 2 aromatic heterocycles. The van der Waals surface area contributed by atoms with E-state index in [2.05, 4.69) is 4.98 Å². The molecule has 0 amide bonds. The Morgan fingerprint density at radius 2 is 2.17 bits per heavy atom. The number of hydrogen-bond acceptors (Lipinski definition) is 5. The molecule has 1 N–H and O–H groups in total. The monoisotopic (exact) mass is 344 g/mol. The third-order valence-electron chi connectivity index (χ3n) is 3.77. The van der Waals surface area contributed by atoms with Crippen LogP contribution in [0.2, 0.25) is 0 Å². The molecule has 2 heterocycles. The minimum absolute atomic E-state index is 0.0946. The van der Waals surface area contributed by atoms with E-state index in [-0.39, 0.29) is 18.5 Å². The molecule has 0 saturated carbocycles. The summed E-state index contributed by atoms with van der Waals surface area (Å²) in [5, 5.41) is 11.2. The van der Waals surface area contributed by atoms with Gasteiger partial charge < -0.3 is 9.84 Å². The molecule has 0 radical (unpaired) electrons. The molecule has 6 nitrogen and oxygen atoms in total. The normalized spacial score (nSPS) is 10.9. The van der Waals surface area contributed by atoms with Gasteiger partial charge in [0.05, 0.1) is 25.2 Å². The van der Waals surface area contributed by atoms with Gasteiger partial charge in [0, 0.05) is 23.1 Å². The lowest BCUT2D eigenvalue weighted by Gasteiger charge is -2.09. The number of rotatable bonds is 5. The summed E-state index contributed by atoms with van der Waals surface area (Å²) in [6.45, 7) is 2.07. The van der Waals surface area contributed by atoms with Crippen molar-refractivity contribution >= 4 is 27.5 Å². The van der Waals surface area contributed by atoms with E-state index in [0.717, 1.165) is 16.7 Å². The average molecular weight is 344 g/mol. The van der Waals surface area contributed by atoms with Crippen molar-refractivity contribution < 1.29 is 14.6 Å². The van der Waals surface area contributed by atoms with Crippen molar-refractivity contribution in [1.82, 2.24) is 9.55 Å². The minimum atomic E-state index is -0.951. The topological polar surface area (TPSA) is 81.4 Å². The number of ether oxygens (including phenoxy) is 1. The molecule has 24 heavy (non-hydrogen) atoms. The number of methoxy groups -OCH3 is 1. The summed E-state index contributed by atoms with van der Waals surface area (Å²) in [5.74, 6) is -0.270. The van der Waals surface area contributed by atoms with E-state index in [9.17, 15) is 9.59 Å². The summed E-state index contributed by atoms with van der Waals surface area (Å²) in [5.41, 5.74) is 2.41. The second-order valence-corrected chi connectivity index (χ2v) is 6.28. The zero-order chi connectivity index (χ0) is 17.3. The number of benzene rings is 1. The van der Waals surface area contributed by atoms with Gasteiger partial charge in [-0.05, 0) is 19.1 Å². The average Bonchev–Trinajstić information content (AvgIpc) is 2.98. The molecule has 0 unspecified atom stereocenters. The molecular formula is C17H16N2O4S. The van der Waals surface area contributed by atoms with Crippen LogP contribution in [0.5, 0.6) is 5.75 Å². The van der Waals surface area contributed by atoms with Crippen molar-refractivity contribution in [1.29, 1.82) is 0 Å². The largest absolute Gasteiger partial charge is 0.496 e. The molecule has 7 heteroatoms. The number of aliphatic carboxylic acids is 1. The second kappa shape index (κ2) is 6.45. The van der Waals surface area contributed by atoms with E-state index in [1.807, 2.05) is 30.5 Å². The van der Waals surface area contributed by atoms with Crippen molar-refractivity contribution in [2.45, 2.75) is 19.9 Å². The number of nitrogens with zero attached hydrogens (tertiary/aromatic N) is 2. The summed E-state index contributed by atoms with van der Waals surface area (Å²) < 4.78 is 6.76. The number of carboxylic acid groups (broad SMARTS) is 1. The molecule has 0 spiro atoms. The van der Waals surface area contributed by atoms with Crippen LogP contribution in [0.1, 0.15) is 12.0 Å². The maximum absolute atomic E-state index is 12.8. The van der Waals surface area contributed by atoms with Crippen LogP contribution in [0.3, 0.4) is 0 Å². The third kappa shape index (κ3) is 2.90. The highest BCUT2D eigenvalue weighted by Crippen LogP contribution is 2.36. The highest BCUT2D eigenvalue weighted by molar-refractivity contribution is 7.17. The second-order valence-electron chi connectivity index (χ2n) is 5.42. The summed E-state index contributed by atoms with van der Waals surface area (Å²) in [6, 6.07) is 5.78. The van der Waals surface area contributed by atoms with Crippen molar-refractivity contribution in [3.63, 3.8) is 0 Å². The van der Waals surface area contributed by atoms with Gasteiger partial charge in [-0.25, -0.2) is 4.98 Å². The van der Waals surface area contributed by atoms with Gasteiger partial charge in [-0.15, -0.1) is 11.3 Å². The first-order valence-corrected chi connectivity index (χ1v) is 8.22. The number of carboxylic acids is 1. The first-order chi connectivity index (χ1) is 11.5. The fraction of sp³-hybridized carbons (Fsp3) is 0.235. The lowest BCUT2D eigenvalue weighted by molar-refractivity contribution is -0.137. The molecular weight excluding hydrogens is 328 g/mol. The smallest absolute Gasteiger partial charge is 0.305 e. The summed E-state index contributed by atoms with van der Waals surface area (Å²) in [7, 11) is 1.59. The Kier molecular flexibility index (Phi) is 4.35. The number of aryl methyl sites for hydroxylation is 2. The molecule has 0 saturated heterocycles. The highest BCUT2D eigenvalue weighted by atomic mass is 32.1. The van der Waals surface area contributed by atoms with E-state index in [1.165, 1.54) is 22.2 Å². The predicted molar refractivity (Wildman–Crippen MR) is 92.9 cm³/mol. The van der Waals surface area contributed by atoms with Gasteiger partial charge in [0.2, 0.25) is 0 Å². The lowest BCUT2D eigenvalue weighted by atomic mass is 10.0.